The third-order valence-electron chi connectivity index (χ3n) is 10.1. The van der Waals surface area contributed by atoms with Gasteiger partial charge in [0, 0.05) is 22.6 Å². The Morgan fingerprint density at radius 1 is 0.683 bits per heavy atom. The van der Waals surface area contributed by atoms with E-state index in [4.69, 9.17) is 24.7 Å². The first kappa shape index (κ1) is 43.4. The zero-order valence-corrected chi connectivity index (χ0v) is 36.3. The predicted molar refractivity (Wildman–Crippen MR) is 246 cm³/mol. The van der Waals surface area contributed by atoms with Crippen LogP contribution in [0.5, 0.6) is 11.5 Å². The number of aromatic nitrogens is 2. The molecule has 6 aromatic rings. The molecule has 0 unspecified atom stereocenters. The number of ether oxygens (including phenoxy) is 2. The van der Waals surface area contributed by atoms with Crippen molar-refractivity contribution in [3.63, 3.8) is 0 Å². The fourth-order valence-electron chi connectivity index (χ4n) is 6.76. The Balaban J connectivity index is 1.34. The number of nitriles is 1. The maximum Gasteiger partial charge on any atom is 0.346 e. The monoisotopic (exact) mass is 834 g/mol. The molecule has 2 heterocycles. The Morgan fingerprint density at radius 2 is 1.20 bits per heavy atom. The summed E-state index contributed by atoms with van der Waals surface area (Å²) in [6, 6.07) is 33.9. The topological polar surface area (TPSA) is 109 Å². The molecule has 60 heavy (non-hydrogen) atoms. The van der Waals surface area contributed by atoms with Crippen molar-refractivity contribution in [1.82, 2.24) is 9.97 Å². The summed E-state index contributed by atoms with van der Waals surface area (Å²) in [6.45, 7) is 4.45. The lowest BCUT2D eigenvalue weighted by Gasteiger charge is -2.26. The van der Waals surface area contributed by atoms with E-state index < -0.39 is 5.97 Å². The number of carbonyl (C=O) groups is 1. The smallest absolute Gasteiger partial charge is 0.346 e. The van der Waals surface area contributed by atoms with Crippen molar-refractivity contribution in [2.45, 2.75) is 78.1 Å². The van der Waals surface area contributed by atoms with Gasteiger partial charge >= 0.3 is 5.97 Å². The largest absolute Gasteiger partial charge is 0.497 e. The molecule has 0 radical (unpaired) electrons. The van der Waals surface area contributed by atoms with E-state index in [0.29, 0.717) is 5.56 Å². The highest BCUT2D eigenvalue weighted by molar-refractivity contribution is 7.23. The van der Waals surface area contributed by atoms with Crippen molar-refractivity contribution in [3.8, 4) is 49.9 Å². The second-order valence-corrected chi connectivity index (χ2v) is 16.3. The molecule has 0 aliphatic heterocycles. The number of methoxy groups -OCH3 is 2. The molecule has 0 atom stereocenters. The minimum atomic E-state index is -1.25. The van der Waals surface area contributed by atoms with E-state index in [1.165, 1.54) is 25.3 Å². The Kier molecular flexibility index (Phi) is 15.7. The molecular weight excluding hydrogens is 785 g/mol. The van der Waals surface area contributed by atoms with Crippen molar-refractivity contribution < 1.29 is 19.4 Å². The Hall–Kier alpha value is -6.20. The number of hydrogen-bond acceptors (Lipinski definition) is 9. The van der Waals surface area contributed by atoms with Gasteiger partial charge < -0.3 is 19.5 Å². The van der Waals surface area contributed by atoms with E-state index in [2.05, 4.69) is 79.1 Å². The van der Waals surface area contributed by atoms with Crippen molar-refractivity contribution in [3.05, 3.63) is 130 Å². The van der Waals surface area contributed by atoms with Crippen LogP contribution in [0.25, 0.3) is 26.5 Å². The van der Waals surface area contributed by atoms with Gasteiger partial charge in [-0.1, -0.05) is 82.6 Å². The molecule has 0 bridgehead atoms. The highest BCUT2D eigenvalue weighted by atomic mass is 32.1. The summed E-state index contributed by atoms with van der Waals surface area (Å²) in [6.07, 6.45) is 12.2. The van der Waals surface area contributed by atoms with Crippen LogP contribution in [0.3, 0.4) is 0 Å². The van der Waals surface area contributed by atoms with E-state index in [1.54, 1.807) is 55.1 Å². The zero-order valence-electron chi connectivity index (χ0n) is 34.7. The number of nitrogens with zero attached hydrogens (tertiary/aromatic N) is 4. The summed E-state index contributed by atoms with van der Waals surface area (Å²) >= 11 is 3.30. The number of aryl methyl sites for hydroxylation is 2. The van der Waals surface area contributed by atoms with E-state index in [9.17, 15) is 9.90 Å². The van der Waals surface area contributed by atoms with Crippen molar-refractivity contribution in [1.29, 1.82) is 5.26 Å². The normalized spacial score (nSPS) is 11.1. The summed E-state index contributed by atoms with van der Waals surface area (Å²) in [7, 11) is 3.35. The Bertz CT molecular complexity index is 2420. The number of carboxylic acid groups (broad SMARTS) is 1. The molecule has 10 heteroatoms. The molecule has 8 nitrogen and oxygen atoms in total. The fraction of sp³-hybridized carbons (Fsp3) is 0.280. The van der Waals surface area contributed by atoms with Crippen LogP contribution in [0.1, 0.15) is 92.6 Å². The highest BCUT2D eigenvalue weighted by Gasteiger charge is 2.20. The summed E-state index contributed by atoms with van der Waals surface area (Å²) in [4.78, 5) is 26.1. The van der Waals surface area contributed by atoms with Gasteiger partial charge in [0.2, 0.25) is 0 Å². The number of rotatable bonds is 19. The standard InChI is InChI=1S/C50H50N4O4S2/c1-5-7-9-11-13-44-46(32-19-35-15-17-36(18-16-35)33-38(34-51)50(55)56)59-48(52-44)49-53-45(14-12-10-8-6-2)47(60-49)37-20-22-39(23-21-37)54(40-24-28-42(57-3)29-25-40)41-26-30-43(58-4)31-27-41/h15-18,20-31,33H,5-14H2,1-4H3,(H,55,56)/b38-33-. The Morgan fingerprint density at radius 3 is 1.72 bits per heavy atom. The van der Waals surface area contributed by atoms with Crippen LogP contribution >= 0.6 is 22.7 Å². The van der Waals surface area contributed by atoms with Crippen LogP contribution in [0.4, 0.5) is 17.1 Å². The van der Waals surface area contributed by atoms with Crippen molar-refractivity contribution in [2.24, 2.45) is 0 Å². The molecule has 0 amide bonds. The molecular formula is C50H50N4O4S2. The number of aliphatic carboxylic acids is 1. The van der Waals surface area contributed by atoms with Crippen LogP contribution in [0.2, 0.25) is 0 Å². The number of benzene rings is 4. The van der Waals surface area contributed by atoms with Gasteiger partial charge in [-0.25, -0.2) is 14.8 Å². The number of anilines is 3. The minimum Gasteiger partial charge on any atom is -0.497 e. The minimum absolute atomic E-state index is 0.314. The number of carboxylic acids is 1. The first-order valence-electron chi connectivity index (χ1n) is 20.5. The van der Waals surface area contributed by atoms with E-state index in [0.717, 1.165) is 116 Å². The molecule has 2 aromatic heterocycles. The fourth-order valence-corrected chi connectivity index (χ4v) is 8.86. The summed E-state index contributed by atoms with van der Waals surface area (Å²) < 4.78 is 10.9. The van der Waals surface area contributed by atoms with E-state index in [1.807, 2.05) is 36.4 Å². The van der Waals surface area contributed by atoms with Crippen LogP contribution in [-0.4, -0.2) is 35.3 Å². The average molecular weight is 835 g/mol. The molecule has 0 saturated heterocycles. The maximum atomic E-state index is 11.3. The predicted octanol–water partition coefficient (Wildman–Crippen LogP) is 13.1. The van der Waals surface area contributed by atoms with E-state index >= 15 is 0 Å². The third-order valence-corrected chi connectivity index (χ3v) is 12.4. The van der Waals surface area contributed by atoms with Crippen LogP contribution < -0.4 is 14.4 Å². The average Bonchev–Trinajstić information content (AvgIpc) is 3.90. The SMILES string of the molecule is CCCCCCc1nc(-c2nc(CCCCCC)c(-c3ccc(N(c4ccc(OC)cc4)c4ccc(OC)cc4)cc3)s2)sc1C#Cc1ccc(/C=C(/C#N)C(=O)O)cc1. The van der Waals surface area contributed by atoms with Gasteiger partial charge in [-0.15, -0.1) is 22.7 Å². The third kappa shape index (κ3) is 11.3. The van der Waals surface area contributed by atoms with Crippen LogP contribution in [-0.2, 0) is 17.6 Å². The zero-order chi connectivity index (χ0) is 42.3. The van der Waals surface area contributed by atoms with Gasteiger partial charge in [-0.2, -0.15) is 5.26 Å². The lowest BCUT2D eigenvalue weighted by Crippen LogP contribution is -2.09. The molecule has 0 aliphatic carbocycles. The molecule has 1 N–H and O–H groups in total. The lowest BCUT2D eigenvalue weighted by molar-refractivity contribution is -0.132. The van der Waals surface area contributed by atoms with Crippen molar-refractivity contribution >= 4 is 51.8 Å². The Labute approximate surface area is 361 Å². The molecule has 306 valence electrons. The quantitative estimate of drug-likeness (QED) is 0.0372. The van der Waals surface area contributed by atoms with Gasteiger partial charge in [0.25, 0.3) is 0 Å². The van der Waals surface area contributed by atoms with Gasteiger partial charge in [-0.3, -0.25) is 0 Å². The second kappa shape index (κ2) is 21.7. The van der Waals surface area contributed by atoms with Crippen molar-refractivity contribution in [2.75, 3.05) is 19.1 Å². The first-order valence-corrected chi connectivity index (χ1v) is 22.1. The first-order chi connectivity index (χ1) is 29.3. The molecule has 4 aromatic carbocycles. The van der Waals surface area contributed by atoms with Gasteiger partial charge in [0.1, 0.15) is 28.0 Å². The van der Waals surface area contributed by atoms with E-state index in [-0.39, 0.29) is 5.57 Å². The summed E-state index contributed by atoms with van der Waals surface area (Å²) in [5, 5.41) is 20.2. The number of unbranched alkanes of at least 4 members (excludes halogenated alkanes) is 6. The molecule has 0 fully saturated rings. The highest BCUT2D eigenvalue weighted by Crippen LogP contribution is 2.41. The number of thiazole rings is 2. The van der Waals surface area contributed by atoms with Gasteiger partial charge in [-0.05, 0) is 122 Å². The van der Waals surface area contributed by atoms with Gasteiger partial charge in [0.15, 0.2) is 10.0 Å². The summed E-state index contributed by atoms with van der Waals surface area (Å²) in [5.74, 6) is 7.06. The summed E-state index contributed by atoms with van der Waals surface area (Å²) in [5.41, 5.74) is 7.38. The van der Waals surface area contributed by atoms with Crippen LogP contribution in [0, 0.1) is 23.2 Å². The maximum absolute atomic E-state index is 11.3. The van der Waals surface area contributed by atoms with Crippen LogP contribution in [0.15, 0.2) is 103 Å². The molecule has 0 aliphatic rings. The molecule has 0 spiro atoms. The molecule has 6 rings (SSSR count). The second-order valence-electron chi connectivity index (χ2n) is 14.3. The number of hydrogen-bond donors (Lipinski definition) is 1. The lowest BCUT2D eigenvalue weighted by atomic mass is 10.1. The molecule has 0 saturated carbocycles. The van der Waals surface area contributed by atoms with Gasteiger partial charge in [0.05, 0.1) is 30.5 Å².